The normalized spacial score (nSPS) is 15.6. The van der Waals surface area contributed by atoms with Crippen molar-refractivity contribution in [1.82, 2.24) is 41.4 Å². The molecule has 0 spiro atoms. The van der Waals surface area contributed by atoms with Gasteiger partial charge in [0.15, 0.2) is 0 Å². The number of ether oxygens (including phenoxy) is 3. The molecule has 1 fully saturated rings. The van der Waals surface area contributed by atoms with Gasteiger partial charge in [-0.15, -0.1) is 0 Å². The summed E-state index contributed by atoms with van der Waals surface area (Å²) in [5.74, 6) is -5.07. The molecule has 5 rings (SSSR count). The molecule has 1 aliphatic rings. The summed E-state index contributed by atoms with van der Waals surface area (Å²) in [5, 5.41) is 26.8. The summed E-state index contributed by atoms with van der Waals surface area (Å²) >= 11 is 0. The molecule has 2 heterocycles. The Bertz CT molecular complexity index is 2850. The summed E-state index contributed by atoms with van der Waals surface area (Å²) in [6.45, 7) is 20.6. The topological polar surface area (TPSA) is 282 Å². The Morgan fingerprint density at radius 3 is 1.84 bits per heavy atom. The van der Waals surface area contributed by atoms with Gasteiger partial charge in [0.05, 0.1) is 12.1 Å². The SMILES string of the molecule is CC(C)C[C@H](NC(=O)[C@@H]1CCCN1C(=O)[C@H](Cc1ccccc1)NC(=O)CNC(=O)[C@@H](C)NC(=O)[C@H](Cc1ccc(OC(C)(C)C)cc1)NC(=O)OC(C)(C)C)C(=O)N[C@@H](Cc1cn(C(=O)OC(C)(C)C)c2ccccc12)C(=O)O. The second-order valence-corrected chi connectivity index (χ2v) is 23.5. The number of fused-ring (bicyclic) bond motifs is 1. The molecule has 4 aromatic rings. The van der Waals surface area contributed by atoms with Gasteiger partial charge in [-0.05, 0) is 129 Å². The molecule has 1 aliphatic heterocycles. The number of para-hydroxylation sites is 1. The average molecular weight is 1110 g/mol. The first-order valence-electron chi connectivity index (χ1n) is 27.0. The average Bonchev–Trinajstić information content (AvgIpc) is 4.12. The van der Waals surface area contributed by atoms with Gasteiger partial charge in [-0.3, -0.25) is 33.3 Å². The van der Waals surface area contributed by atoms with Gasteiger partial charge in [-0.1, -0.05) is 74.5 Å². The minimum Gasteiger partial charge on any atom is -0.488 e. The molecule has 0 saturated carbocycles. The Hall–Kier alpha value is -7.97. The van der Waals surface area contributed by atoms with Crippen LogP contribution in [0.5, 0.6) is 5.75 Å². The first-order chi connectivity index (χ1) is 37.4. The largest absolute Gasteiger partial charge is 0.488 e. The van der Waals surface area contributed by atoms with Gasteiger partial charge in [0, 0.05) is 37.4 Å². The zero-order valence-corrected chi connectivity index (χ0v) is 48.0. The molecule has 0 bridgehead atoms. The van der Waals surface area contributed by atoms with Crippen molar-refractivity contribution in [3.05, 3.63) is 102 Å². The number of rotatable bonds is 22. The second kappa shape index (κ2) is 27.3. The van der Waals surface area contributed by atoms with Gasteiger partial charge in [-0.25, -0.2) is 14.4 Å². The third-order valence-electron chi connectivity index (χ3n) is 12.5. The van der Waals surface area contributed by atoms with Crippen LogP contribution in [0.25, 0.3) is 10.9 Å². The third kappa shape index (κ3) is 19.4. The molecule has 434 valence electrons. The number of benzene rings is 3. The highest BCUT2D eigenvalue weighted by Crippen LogP contribution is 2.26. The van der Waals surface area contributed by atoms with Crippen molar-refractivity contribution in [2.24, 2.45) is 5.92 Å². The molecule has 0 aliphatic carbocycles. The maximum Gasteiger partial charge on any atom is 0.419 e. The quantitative estimate of drug-likeness (QED) is 0.0497. The minimum absolute atomic E-state index is 0.0143. The van der Waals surface area contributed by atoms with E-state index in [0.29, 0.717) is 39.8 Å². The van der Waals surface area contributed by atoms with Crippen molar-refractivity contribution in [3.8, 4) is 5.75 Å². The van der Waals surface area contributed by atoms with Crippen molar-refractivity contribution >= 4 is 64.5 Å². The number of nitrogens with zero attached hydrogens (tertiary/aromatic N) is 2. The summed E-state index contributed by atoms with van der Waals surface area (Å²) in [6, 6.07) is 15.5. The van der Waals surface area contributed by atoms with Gasteiger partial charge in [-0.2, -0.15) is 0 Å². The van der Waals surface area contributed by atoms with Crippen LogP contribution in [0.15, 0.2) is 85.1 Å². The Labute approximate surface area is 468 Å². The highest BCUT2D eigenvalue weighted by atomic mass is 16.6. The van der Waals surface area contributed by atoms with Gasteiger partial charge < -0.3 is 56.1 Å². The lowest BCUT2D eigenvalue weighted by Crippen LogP contribution is -2.58. The lowest BCUT2D eigenvalue weighted by molar-refractivity contribution is -0.143. The molecular weight excluding hydrogens is 1030 g/mol. The number of carbonyl (C=O) groups excluding carboxylic acids is 8. The number of aromatic nitrogens is 1. The number of nitrogens with one attached hydrogen (secondary N) is 6. The standard InChI is InChI=1S/C59H80N8O13/c1-35(2)29-42(51(71)64-45(54(74)75)32-39-34-67(56(77)80-59(10,11)12)46-22-17-16-21-41(39)46)63-52(72)47-23-18-28-66(47)53(73)44(31-37-19-14-13-15-20-37)62-48(68)33-60-49(69)36(3)61-50(70)43(65-55(76)79-58(7,8)9)30-38-24-26-40(27-25-38)78-57(4,5)6/h13-17,19-22,24-27,34-36,42-45,47H,18,23,28-33H2,1-12H3,(H,60,69)(H,61,70)(H,62,68)(H,63,72)(H,64,71)(H,65,76)(H,74,75)/t36-,42+,43+,44+,45+,47+/m1/s1. The molecule has 21 nitrogen and oxygen atoms in total. The van der Waals surface area contributed by atoms with Crippen LogP contribution in [-0.2, 0) is 62.3 Å². The van der Waals surface area contributed by atoms with E-state index in [-0.39, 0.29) is 44.6 Å². The Morgan fingerprint density at radius 1 is 0.625 bits per heavy atom. The Morgan fingerprint density at radius 2 is 1.23 bits per heavy atom. The molecular formula is C59H80N8O13. The fourth-order valence-corrected chi connectivity index (χ4v) is 8.98. The lowest BCUT2D eigenvalue weighted by Gasteiger charge is -2.30. The smallest absolute Gasteiger partial charge is 0.419 e. The van der Waals surface area contributed by atoms with Crippen molar-refractivity contribution in [2.45, 2.75) is 175 Å². The van der Waals surface area contributed by atoms with E-state index in [1.54, 1.807) is 120 Å². The summed E-state index contributed by atoms with van der Waals surface area (Å²) < 4.78 is 18.2. The first kappa shape index (κ1) is 62.9. The summed E-state index contributed by atoms with van der Waals surface area (Å²) in [4.78, 5) is 124. The number of alkyl carbamates (subject to hydrolysis) is 1. The van der Waals surface area contributed by atoms with E-state index in [1.807, 2.05) is 34.6 Å². The van der Waals surface area contributed by atoms with Crippen molar-refractivity contribution in [3.63, 3.8) is 0 Å². The predicted molar refractivity (Wildman–Crippen MR) is 299 cm³/mol. The van der Waals surface area contributed by atoms with Crippen molar-refractivity contribution < 1.29 is 62.5 Å². The summed E-state index contributed by atoms with van der Waals surface area (Å²) in [7, 11) is 0. The number of amides is 7. The van der Waals surface area contributed by atoms with E-state index >= 15 is 0 Å². The number of carboxylic acids is 1. The second-order valence-electron chi connectivity index (χ2n) is 23.5. The molecule has 6 atom stereocenters. The Kier molecular flexibility index (Phi) is 21.4. The van der Waals surface area contributed by atoms with Crippen LogP contribution in [-0.4, -0.2) is 134 Å². The fraction of sp³-hybridized carbons (Fsp3) is 0.508. The summed E-state index contributed by atoms with van der Waals surface area (Å²) in [5.41, 5.74) is 0.202. The highest BCUT2D eigenvalue weighted by molar-refractivity contribution is 5.97. The van der Waals surface area contributed by atoms with E-state index in [9.17, 15) is 48.3 Å². The van der Waals surface area contributed by atoms with Gasteiger partial charge >= 0.3 is 18.2 Å². The van der Waals surface area contributed by atoms with E-state index in [4.69, 9.17) is 14.2 Å². The van der Waals surface area contributed by atoms with Crippen LogP contribution in [0.2, 0.25) is 0 Å². The zero-order valence-electron chi connectivity index (χ0n) is 48.0. The molecule has 7 N–H and O–H groups in total. The number of likely N-dealkylation sites (tertiary alicyclic amines) is 1. The lowest BCUT2D eigenvalue weighted by atomic mass is 10.0. The number of carbonyl (C=O) groups is 9. The number of hydrogen-bond donors (Lipinski definition) is 7. The van der Waals surface area contributed by atoms with Crippen LogP contribution >= 0.6 is 0 Å². The Balaban J connectivity index is 1.25. The third-order valence-corrected chi connectivity index (χ3v) is 12.5. The number of carboxylic acid groups (broad SMARTS) is 1. The van der Waals surface area contributed by atoms with Gasteiger partial charge in [0.25, 0.3) is 0 Å². The van der Waals surface area contributed by atoms with E-state index < -0.39 is 113 Å². The fourth-order valence-electron chi connectivity index (χ4n) is 8.98. The van der Waals surface area contributed by atoms with E-state index in [0.717, 1.165) is 0 Å². The molecule has 1 aromatic heterocycles. The van der Waals surface area contributed by atoms with Gasteiger partial charge in [0.2, 0.25) is 35.4 Å². The van der Waals surface area contributed by atoms with Crippen LogP contribution in [0.3, 0.4) is 0 Å². The van der Waals surface area contributed by atoms with Crippen LogP contribution < -0.4 is 36.6 Å². The molecule has 21 heteroatoms. The van der Waals surface area contributed by atoms with Crippen LogP contribution in [0.1, 0.15) is 119 Å². The monoisotopic (exact) mass is 1110 g/mol. The first-order valence-corrected chi connectivity index (χ1v) is 27.0. The minimum atomic E-state index is -1.47. The molecule has 0 radical (unpaired) electrons. The van der Waals surface area contributed by atoms with Crippen LogP contribution in [0.4, 0.5) is 9.59 Å². The maximum absolute atomic E-state index is 14.6. The summed E-state index contributed by atoms with van der Waals surface area (Å²) in [6.07, 6.45) is 0.587. The molecule has 3 aromatic carbocycles. The van der Waals surface area contributed by atoms with Gasteiger partial charge in [0.1, 0.15) is 58.8 Å². The molecule has 80 heavy (non-hydrogen) atoms. The maximum atomic E-state index is 14.6. The molecule has 7 amide bonds. The van der Waals surface area contributed by atoms with E-state index in [2.05, 4.69) is 31.9 Å². The van der Waals surface area contributed by atoms with E-state index in [1.165, 1.54) is 22.6 Å². The molecule has 1 saturated heterocycles. The number of aliphatic carboxylic acids is 1. The van der Waals surface area contributed by atoms with Crippen molar-refractivity contribution in [2.75, 3.05) is 13.1 Å². The van der Waals surface area contributed by atoms with Crippen molar-refractivity contribution in [1.29, 1.82) is 0 Å². The zero-order chi connectivity index (χ0) is 59.3. The molecule has 0 unspecified atom stereocenters. The highest BCUT2D eigenvalue weighted by Gasteiger charge is 2.40. The van der Waals surface area contributed by atoms with Crippen LogP contribution in [0, 0.1) is 5.92 Å². The number of hydrogen-bond acceptors (Lipinski definition) is 12. The predicted octanol–water partition coefficient (Wildman–Crippen LogP) is 5.72.